The van der Waals surface area contributed by atoms with Gasteiger partial charge in [-0.05, 0) is 26.2 Å². The van der Waals surface area contributed by atoms with E-state index in [-0.39, 0.29) is 24.0 Å². The van der Waals surface area contributed by atoms with E-state index in [9.17, 15) is 0 Å². The highest BCUT2D eigenvalue weighted by atomic mass is 127. The van der Waals surface area contributed by atoms with Gasteiger partial charge in [-0.25, -0.2) is 15.0 Å². The number of aromatic nitrogens is 2. The fourth-order valence-corrected chi connectivity index (χ4v) is 4.26. The summed E-state index contributed by atoms with van der Waals surface area (Å²) in [5.41, 5.74) is 2.38. The number of hydrogen-bond acceptors (Lipinski definition) is 5. The quantitative estimate of drug-likeness (QED) is 0.314. The normalized spacial score (nSPS) is 11.5. The van der Waals surface area contributed by atoms with Crippen LogP contribution in [0.1, 0.15) is 59.9 Å². The van der Waals surface area contributed by atoms with Gasteiger partial charge in [-0.15, -0.1) is 46.7 Å². The predicted molar refractivity (Wildman–Crippen MR) is 124 cm³/mol. The van der Waals surface area contributed by atoms with Crippen LogP contribution < -0.4 is 10.6 Å². The number of thiazole rings is 2. The van der Waals surface area contributed by atoms with Gasteiger partial charge in [0, 0.05) is 29.8 Å². The van der Waals surface area contributed by atoms with E-state index in [4.69, 9.17) is 4.98 Å². The maximum absolute atomic E-state index is 4.69. The van der Waals surface area contributed by atoms with Crippen LogP contribution in [0.2, 0.25) is 0 Å². The molecule has 26 heavy (non-hydrogen) atoms. The number of hydrogen-bond donors (Lipinski definition) is 2. The third kappa shape index (κ3) is 7.11. The lowest BCUT2D eigenvalue weighted by Gasteiger charge is -2.10. The van der Waals surface area contributed by atoms with Crippen molar-refractivity contribution in [2.24, 2.45) is 4.99 Å². The number of guanidine groups is 1. The first kappa shape index (κ1) is 23.3. The molecule has 0 saturated heterocycles. The van der Waals surface area contributed by atoms with Crippen LogP contribution in [0.3, 0.4) is 0 Å². The van der Waals surface area contributed by atoms with Gasteiger partial charge in [-0.2, -0.15) is 0 Å². The standard InChI is InChI=1S/C18H29N5S2.HI/c1-6-14-13(5)25-16(22-14)8-9-20-18(19-7-2)21-10-17-23-15(11-24-17)12(3)4;/h11-12H,6-10H2,1-5H3,(H2,19,20,21);1H. The van der Waals surface area contributed by atoms with Crippen LogP contribution in [0.5, 0.6) is 0 Å². The minimum atomic E-state index is 0. The first-order valence-corrected chi connectivity index (χ1v) is 10.6. The lowest BCUT2D eigenvalue weighted by molar-refractivity contribution is 0.789. The summed E-state index contributed by atoms with van der Waals surface area (Å²) in [7, 11) is 0. The zero-order chi connectivity index (χ0) is 18.2. The summed E-state index contributed by atoms with van der Waals surface area (Å²) in [5, 5.41) is 11.1. The van der Waals surface area contributed by atoms with Crippen molar-refractivity contribution < 1.29 is 0 Å². The molecule has 0 spiro atoms. The van der Waals surface area contributed by atoms with E-state index in [0.717, 1.165) is 42.6 Å². The Kier molecular flexibility index (Phi) is 10.6. The minimum absolute atomic E-state index is 0. The Morgan fingerprint density at radius 3 is 2.54 bits per heavy atom. The highest BCUT2D eigenvalue weighted by molar-refractivity contribution is 14.0. The molecule has 0 radical (unpaired) electrons. The maximum Gasteiger partial charge on any atom is 0.191 e. The average Bonchev–Trinajstić information content (AvgIpc) is 3.19. The molecule has 0 amide bonds. The Balaban J connectivity index is 0.00000338. The van der Waals surface area contributed by atoms with Gasteiger partial charge < -0.3 is 10.6 Å². The van der Waals surface area contributed by atoms with E-state index >= 15 is 0 Å². The molecule has 146 valence electrons. The summed E-state index contributed by atoms with van der Waals surface area (Å²) in [6, 6.07) is 0. The van der Waals surface area contributed by atoms with Gasteiger partial charge in [0.15, 0.2) is 5.96 Å². The number of nitrogens with one attached hydrogen (secondary N) is 2. The van der Waals surface area contributed by atoms with Gasteiger partial charge in [-0.3, -0.25) is 0 Å². The zero-order valence-corrected chi connectivity index (χ0v) is 20.2. The average molecular weight is 508 g/mol. The highest BCUT2D eigenvalue weighted by Gasteiger charge is 2.07. The van der Waals surface area contributed by atoms with Crippen LogP contribution in [-0.4, -0.2) is 29.0 Å². The van der Waals surface area contributed by atoms with E-state index in [1.165, 1.54) is 15.6 Å². The van der Waals surface area contributed by atoms with Gasteiger partial charge in [0.1, 0.15) is 5.01 Å². The monoisotopic (exact) mass is 507 g/mol. The Hall–Kier alpha value is -0.740. The lowest BCUT2D eigenvalue weighted by atomic mass is 10.2. The fraction of sp³-hybridized carbons (Fsp3) is 0.611. The zero-order valence-electron chi connectivity index (χ0n) is 16.3. The molecule has 8 heteroatoms. The van der Waals surface area contributed by atoms with Crippen LogP contribution in [0, 0.1) is 6.92 Å². The van der Waals surface area contributed by atoms with Crippen molar-refractivity contribution >= 4 is 52.6 Å². The minimum Gasteiger partial charge on any atom is -0.357 e. The smallest absolute Gasteiger partial charge is 0.191 e. The molecule has 2 heterocycles. The Morgan fingerprint density at radius 2 is 1.96 bits per heavy atom. The van der Waals surface area contributed by atoms with Crippen molar-refractivity contribution in [3.8, 4) is 0 Å². The number of aryl methyl sites for hydroxylation is 2. The molecule has 2 aromatic heterocycles. The van der Waals surface area contributed by atoms with Crippen LogP contribution in [0.15, 0.2) is 10.4 Å². The van der Waals surface area contributed by atoms with Crippen LogP contribution in [0.25, 0.3) is 0 Å². The van der Waals surface area contributed by atoms with Crippen molar-refractivity contribution in [3.63, 3.8) is 0 Å². The first-order chi connectivity index (χ1) is 12.0. The molecular weight excluding hydrogens is 477 g/mol. The second kappa shape index (κ2) is 11.9. The topological polar surface area (TPSA) is 62.2 Å². The molecule has 0 aliphatic rings. The summed E-state index contributed by atoms with van der Waals surface area (Å²) in [4.78, 5) is 15.3. The maximum atomic E-state index is 4.69. The molecule has 0 saturated carbocycles. The SMILES string of the molecule is CCNC(=NCc1nc(C(C)C)cs1)NCCc1nc(CC)c(C)s1.I. The molecule has 0 bridgehead atoms. The molecule has 0 unspecified atom stereocenters. The van der Waals surface area contributed by atoms with Gasteiger partial charge in [0.05, 0.1) is 22.9 Å². The number of halogens is 1. The summed E-state index contributed by atoms with van der Waals surface area (Å²) in [6.07, 6.45) is 1.93. The van der Waals surface area contributed by atoms with E-state index < -0.39 is 0 Å². The molecule has 0 atom stereocenters. The molecule has 0 fully saturated rings. The highest BCUT2D eigenvalue weighted by Crippen LogP contribution is 2.19. The van der Waals surface area contributed by atoms with Crippen molar-refractivity contribution in [1.82, 2.24) is 20.6 Å². The molecule has 0 aromatic carbocycles. The van der Waals surface area contributed by atoms with Crippen molar-refractivity contribution in [1.29, 1.82) is 0 Å². The summed E-state index contributed by atoms with van der Waals surface area (Å²) in [5.74, 6) is 1.31. The van der Waals surface area contributed by atoms with Crippen molar-refractivity contribution in [2.75, 3.05) is 13.1 Å². The van der Waals surface area contributed by atoms with Crippen molar-refractivity contribution in [3.05, 3.63) is 31.7 Å². The van der Waals surface area contributed by atoms with Crippen LogP contribution >= 0.6 is 46.7 Å². The number of aliphatic imine (C=N–C) groups is 1. The lowest BCUT2D eigenvalue weighted by Crippen LogP contribution is -2.38. The molecule has 2 N–H and O–H groups in total. The van der Waals surface area contributed by atoms with Crippen LogP contribution in [0.4, 0.5) is 0 Å². The van der Waals surface area contributed by atoms with Gasteiger partial charge in [0.2, 0.25) is 0 Å². The Labute approximate surface area is 182 Å². The Bertz CT molecular complexity index is 694. The largest absolute Gasteiger partial charge is 0.357 e. The second-order valence-corrected chi connectivity index (χ2v) is 8.39. The van der Waals surface area contributed by atoms with E-state index in [1.54, 1.807) is 22.7 Å². The van der Waals surface area contributed by atoms with Crippen molar-refractivity contribution in [2.45, 2.75) is 59.9 Å². The summed E-state index contributed by atoms with van der Waals surface area (Å²) < 4.78 is 0. The molecule has 2 rings (SSSR count). The van der Waals surface area contributed by atoms with E-state index in [1.807, 2.05) is 0 Å². The van der Waals surface area contributed by atoms with E-state index in [2.05, 4.69) is 60.6 Å². The molecule has 2 aromatic rings. The molecule has 0 aliphatic heterocycles. The first-order valence-electron chi connectivity index (χ1n) is 8.95. The molecule has 0 aliphatic carbocycles. The third-order valence-corrected chi connectivity index (χ3v) is 5.71. The predicted octanol–water partition coefficient (Wildman–Crippen LogP) is 4.51. The van der Waals surface area contributed by atoms with Gasteiger partial charge in [0.25, 0.3) is 0 Å². The molecular formula is C18H30IN5S2. The summed E-state index contributed by atoms with van der Waals surface area (Å²) >= 11 is 3.48. The number of nitrogens with zero attached hydrogens (tertiary/aromatic N) is 3. The van der Waals surface area contributed by atoms with Gasteiger partial charge in [-0.1, -0.05) is 20.8 Å². The second-order valence-electron chi connectivity index (χ2n) is 6.16. The van der Waals surface area contributed by atoms with E-state index in [0.29, 0.717) is 12.5 Å². The Morgan fingerprint density at radius 1 is 1.19 bits per heavy atom. The number of rotatable bonds is 8. The summed E-state index contributed by atoms with van der Waals surface area (Å²) in [6.45, 7) is 13.0. The van der Waals surface area contributed by atoms with Crippen LogP contribution in [-0.2, 0) is 19.4 Å². The van der Waals surface area contributed by atoms with Gasteiger partial charge >= 0.3 is 0 Å². The molecule has 5 nitrogen and oxygen atoms in total. The third-order valence-electron chi connectivity index (χ3n) is 3.78. The fourth-order valence-electron chi connectivity index (χ4n) is 2.36.